The Morgan fingerprint density at radius 1 is 0.850 bits per heavy atom. The van der Waals surface area contributed by atoms with Crippen molar-refractivity contribution in [2.45, 2.75) is 38.5 Å². The maximum atomic E-state index is 12.8. The van der Waals surface area contributed by atoms with Gasteiger partial charge in [0.15, 0.2) is 11.6 Å². The van der Waals surface area contributed by atoms with E-state index in [2.05, 4.69) is 0 Å². The summed E-state index contributed by atoms with van der Waals surface area (Å²) >= 11 is 0. The van der Waals surface area contributed by atoms with E-state index in [4.69, 9.17) is 0 Å². The molecule has 0 heterocycles. The van der Waals surface area contributed by atoms with E-state index in [1.54, 1.807) is 6.07 Å². The van der Waals surface area contributed by atoms with Gasteiger partial charge in [0, 0.05) is 22.3 Å². The van der Waals surface area contributed by atoms with Crippen LogP contribution in [-0.4, -0.2) is 11.6 Å². The number of benzene rings is 1. The number of hydrogen-bond acceptors (Lipinski definition) is 2. The van der Waals surface area contributed by atoms with Crippen LogP contribution in [0, 0.1) is 11.8 Å². The minimum Gasteiger partial charge on any atom is -0.289 e. The van der Waals surface area contributed by atoms with Crippen molar-refractivity contribution >= 4 is 11.6 Å². The Morgan fingerprint density at radius 2 is 1.55 bits per heavy atom. The van der Waals surface area contributed by atoms with Crippen LogP contribution in [0.15, 0.2) is 35.4 Å². The summed E-state index contributed by atoms with van der Waals surface area (Å²) in [6.07, 6.45) is 6.68. The molecule has 2 nitrogen and oxygen atoms in total. The summed E-state index contributed by atoms with van der Waals surface area (Å²) < 4.78 is 0. The predicted molar refractivity (Wildman–Crippen MR) is 76.8 cm³/mol. The third-order valence-electron chi connectivity index (χ3n) is 5.31. The maximum Gasteiger partial charge on any atom is 0.190 e. The molecule has 1 fully saturated rings. The van der Waals surface area contributed by atoms with Crippen molar-refractivity contribution in [2.24, 2.45) is 11.8 Å². The van der Waals surface area contributed by atoms with Crippen LogP contribution in [0.4, 0.5) is 0 Å². The van der Waals surface area contributed by atoms with Gasteiger partial charge in [-0.25, -0.2) is 0 Å². The second-order valence-corrected chi connectivity index (χ2v) is 6.29. The van der Waals surface area contributed by atoms with Crippen molar-refractivity contribution in [3.05, 3.63) is 46.5 Å². The number of rotatable bonds is 0. The SMILES string of the molecule is O=C1C2=C(C(=O)c3ccccc31)C1CCCCC1CC2. The first-order valence-electron chi connectivity index (χ1n) is 7.69. The third kappa shape index (κ3) is 1.57. The molecule has 2 atom stereocenters. The third-order valence-corrected chi connectivity index (χ3v) is 5.31. The van der Waals surface area contributed by atoms with E-state index in [0.717, 1.165) is 30.4 Å². The number of hydrogen-bond donors (Lipinski definition) is 0. The van der Waals surface area contributed by atoms with Crippen LogP contribution in [0.5, 0.6) is 0 Å². The van der Waals surface area contributed by atoms with E-state index < -0.39 is 0 Å². The lowest BCUT2D eigenvalue weighted by atomic mass is 9.63. The fourth-order valence-corrected chi connectivity index (χ4v) is 4.35. The summed E-state index contributed by atoms with van der Waals surface area (Å²) in [5.41, 5.74) is 2.95. The van der Waals surface area contributed by atoms with Gasteiger partial charge in [0.05, 0.1) is 0 Å². The van der Waals surface area contributed by atoms with Crippen molar-refractivity contribution in [3.8, 4) is 0 Å². The zero-order valence-electron chi connectivity index (χ0n) is 11.5. The van der Waals surface area contributed by atoms with Gasteiger partial charge in [-0.15, -0.1) is 0 Å². The molecular formula is C18H18O2. The molecular weight excluding hydrogens is 248 g/mol. The molecule has 0 radical (unpaired) electrons. The van der Waals surface area contributed by atoms with Gasteiger partial charge >= 0.3 is 0 Å². The molecule has 1 aromatic rings. The number of Topliss-reactive ketones (excluding diaryl/α,β-unsaturated/α-hetero) is 2. The summed E-state index contributed by atoms with van der Waals surface area (Å²) in [4.78, 5) is 25.5. The highest BCUT2D eigenvalue weighted by Crippen LogP contribution is 2.47. The second-order valence-electron chi connectivity index (χ2n) is 6.29. The molecule has 0 amide bonds. The van der Waals surface area contributed by atoms with Gasteiger partial charge in [-0.2, -0.15) is 0 Å². The highest BCUT2D eigenvalue weighted by Gasteiger charge is 2.42. The minimum absolute atomic E-state index is 0.110. The molecule has 0 saturated heterocycles. The van der Waals surface area contributed by atoms with Gasteiger partial charge in [-0.3, -0.25) is 9.59 Å². The lowest BCUT2D eigenvalue weighted by Crippen LogP contribution is -2.35. The summed E-state index contributed by atoms with van der Waals surface area (Å²) in [5.74, 6) is 1.22. The largest absolute Gasteiger partial charge is 0.289 e. The van der Waals surface area contributed by atoms with Crippen molar-refractivity contribution in [2.75, 3.05) is 0 Å². The molecule has 20 heavy (non-hydrogen) atoms. The number of carbonyl (C=O) groups excluding carboxylic acids is 2. The van der Waals surface area contributed by atoms with E-state index in [0.29, 0.717) is 23.0 Å². The first-order valence-corrected chi connectivity index (χ1v) is 7.69. The summed E-state index contributed by atoms with van der Waals surface area (Å²) in [6.45, 7) is 0. The van der Waals surface area contributed by atoms with E-state index in [1.165, 1.54) is 19.3 Å². The highest BCUT2D eigenvalue weighted by molar-refractivity contribution is 6.27. The molecule has 102 valence electrons. The lowest BCUT2D eigenvalue weighted by Gasteiger charge is -2.39. The topological polar surface area (TPSA) is 34.1 Å². The Balaban J connectivity index is 1.87. The molecule has 1 saturated carbocycles. The smallest absolute Gasteiger partial charge is 0.190 e. The van der Waals surface area contributed by atoms with Crippen LogP contribution in [0.25, 0.3) is 0 Å². The first kappa shape index (κ1) is 12.1. The molecule has 0 spiro atoms. The molecule has 0 aromatic heterocycles. The average molecular weight is 266 g/mol. The van der Waals surface area contributed by atoms with Gasteiger partial charge in [-0.1, -0.05) is 37.1 Å². The standard InChI is InChI=1S/C18H18O2/c19-17-13-7-3-4-8-14(13)18(20)16-12-6-2-1-5-11(12)9-10-15(16)17/h3-4,7-8,11-12H,1-2,5-6,9-10H2. The van der Waals surface area contributed by atoms with Gasteiger partial charge in [0.2, 0.25) is 0 Å². The Bertz CT molecular complexity index is 639. The Kier molecular flexibility index (Phi) is 2.66. The molecule has 0 bridgehead atoms. The minimum atomic E-state index is 0.110. The monoisotopic (exact) mass is 266 g/mol. The van der Waals surface area contributed by atoms with Crippen molar-refractivity contribution in [3.63, 3.8) is 0 Å². The van der Waals surface area contributed by atoms with Crippen molar-refractivity contribution < 1.29 is 9.59 Å². The van der Waals surface area contributed by atoms with E-state index >= 15 is 0 Å². The van der Waals surface area contributed by atoms with Crippen LogP contribution < -0.4 is 0 Å². The molecule has 2 unspecified atom stereocenters. The van der Waals surface area contributed by atoms with Gasteiger partial charge < -0.3 is 0 Å². The van der Waals surface area contributed by atoms with Crippen LogP contribution in [0.1, 0.15) is 59.2 Å². The lowest BCUT2D eigenvalue weighted by molar-refractivity contribution is 0.0930. The van der Waals surface area contributed by atoms with Crippen LogP contribution in [0.2, 0.25) is 0 Å². The number of fused-ring (bicyclic) bond motifs is 3. The summed E-state index contributed by atoms with van der Waals surface area (Å²) in [7, 11) is 0. The number of allylic oxidation sites excluding steroid dienone is 2. The first-order chi connectivity index (χ1) is 9.77. The van der Waals surface area contributed by atoms with Crippen molar-refractivity contribution in [1.82, 2.24) is 0 Å². The zero-order chi connectivity index (χ0) is 13.7. The quantitative estimate of drug-likeness (QED) is 0.712. The average Bonchev–Trinajstić information content (AvgIpc) is 2.51. The number of carbonyl (C=O) groups is 2. The van der Waals surface area contributed by atoms with Crippen LogP contribution >= 0.6 is 0 Å². The fourth-order valence-electron chi connectivity index (χ4n) is 4.35. The molecule has 3 aliphatic rings. The molecule has 4 rings (SSSR count). The van der Waals surface area contributed by atoms with Crippen LogP contribution in [-0.2, 0) is 0 Å². The van der Waals surface area contributed by atoms with Gasteiger partial charge in [0.1, 0.15) is 0 Å². The van der Waals surface area contributed by atoms with Gasteiger partial charge in [0.25, 0.3) is 0 Å². The van der Waals surface area contributed by atoms with E-state index in [9.17, 15) is 9.59 Å². The maximum absolute atomic E-state index is 12.8. The Hall–Kier alpha value is -1.70. The van der Waals surface area contributed by atoms with Crippen LogP contribution in [0.3, 0.4) is 0 Å². The highest BCUT2D eigenvalue weighted by atomic mass is 16.1. The molecule has 0 aliphatic heterocycles. The normalized spacial score (nSPS) is 28.8. The van der Waals surface area contributed by atoms with E-state index in [1.807, 2.05) is 18.2 Å². The predicted octanol–water partition coefficient (Wildman–Crippen LogP) is 3.96. The number of ketones is 2. The second kappa shape index (κ2) is 4.41. The van der Waals surface area contributed by atoms with Gasteiger partial charge in [-0.05, 0) is 37.5 Å². The molecule has 3 aliphatic carbocycles. The fraction of sp³-hybridized carbons (Fsp3) is 0.444. The van der Waals surface area contributed by atoms with E-state index in [-0.39, 0.29) is 11.6 Å². The molecule has 1 aromatic carbocycles. The molecule has 2 heteroatoms. The zero-order valence-corrected chi connectivity index (χ0v) is 11.5. The van der Waals surface area contributed by atoms with Crippen molar-refractivity contribution in [1.29, 1.82) is 0 Å². The summed E-state index contributed by atoms with van der Waals surface area (Å²) in [6, 6.07) is 7.32. The molecule has 0 N–H and O–H groups in total. The summed E-state index contributed by atoms with van der Waals surface area (Å²) in [5, 5.41) is 0. The Labute approximate surface area is 118 Å². The Morgan fingerprint density at radius 3 is 2.35 bits per heavy atom.